The number of hydrogen-bond donors (Lipinski definition) is 6. The molecule has 12 nitrogen and oxygen atoms in total. The summed E-state index contributed by atoms with van der Waals surface area (Å²) < 4.78 is 0. The minimum atomic E-state index is -1.34. The fraction of sp³-hybridized carbons (Fsp3) is 0.649. The molecule has 3 aliphatic carbocycles. The molecule has 5 amide bonds. The number of hydrogen-bond acceptors (Lipinski definition) is 7. The number of carbonyl (C=O) groups is 5. The van der Waals surface area contributed by atoms with Gasteiger partial charge in [0.15, 0.2) is 0 Å². The van der Waals surface area contributed by atoms with Gasteiger partial charge in [-0.1, -0.05) is 76.5 Å². The summed E-state index contributed by atoms with van der Waals surface area (Å²) in [4.78, 5) is 68.0. The van der Waals surface area contributed by atoms with Crippen molar-refractivity contribution in [2.24, 2.45) is 34.8 Å². The van der Waals surface area contributed by atoms with Gasteiger partial charge in [0.1, 0.15) is 18.3 Å². The number of nitrogens with zero attached hydrogens (tertiary/aromatic N) is 1. The molecule has 2 saturated carbocycles. The van der Waals surface area contributed by atoms with Crippen LogP contribution in [0.5, 0.6) is 0 Å². The minimum absolute atomic E-state index is 0.0241. The molecule has 4 aliphatic rings. The number of ketones is 1. The molecule has 1 saturated heterocycles. The van der Waals surface area contributed by atoms with Gasteiger partial charge in [0.05, 0.1) is 12.1 Å². The summed E-state index contributed by atoms with van der Waals surface area (Å²) in [6.45, 7) is 15.6. The Morgan fingerprint density at radius 2 is 1.61 bits per heavy atom. The first-order valence-electron chi connectivity index (χ1n) is 17.6. The first-order valence-corrected chi connectivity index (χ1v) is 17.6. The fourth-order valence-electron chi connectivity index (χ4n) is 7.83. The van der Waals surface area contributed by atoms with Crippen LogP contribution in [0.3, 0.4) is 0 Å². The second kappa shape index (κ2) is 13.9. The lowest BCUT2D eigenvalue weighted by atomic mass is 9.80. The van der Waals surface area contributed by atoms with Crippen molar-refractivity contribution in [3.05, 3.63) is 47.5 Å². The largest absolute Gasteiger partial charge is 0.376 e. The number of nitrogens with one attached hydrogen (secondary N) is 4. The highest BCUT2D eigenvalue weighted by molar-refractivity contribution is 6.37. The number of aliphatic hydroxyl groups excluding tert-OH is 1. The first-order chi connectivity index (χ1) is 22.9. The maximum absolute atomic E-state index is 14.7. The van der Waals surface area contributed by atoms with Crippen molar-refractivity contribution >= 4 is 29.5 Å². The van der Waals surface area contributed by atoms with Crippen molar-refractivity contribution in [1.29, 1.82) is 0 Å². The molecule has 1 heterocycles. The van der Waals surface area contributed by atoms with E-state index in [9.17, 15) is 29.1 Å². The Kier molecular flexibility index (Phi) is 10.3. The SMILES string of the molecule is C=C1[C@H]2[C@@H]1CN(C(=O)[C@@H](NC(=O)N[C@H](C(=O)NC(C)(C)C)C(C)(C)C)C1Cc3ccccc3C1)[C@@H]2C(O)NC(CC1CCC1)C(=O)C(N)=O. The standard InChI is InChI=1S/C37H54N6O6/c1-19-24-18-43(28(26(19)24)32(46)39-25(29(44)31(38)45)15-20-11-10-12-20)34(48)27(23-16-21-13-8-9-14-22(21)17-23)40-35(49)41-30(36(2,3)4)33(47)42-37(5,6)7/h8-9,13-14,20,23-28,30,32,39,46H,1,10-12,15-18H2,2-7H3,(H2,38,45)(H,42,47)(H2,40,41,49)/t24-,25?,26+,27+,28+,30-,32?/m1/s1. The molecule has 1 aromatic rings. The van der Waals surface area contributed by atoms with Gasteiger partial charge in [0, 0.05) is 23.9 Å². The lowest BCUT2D eigenvalue weighted by molar-refractivity contribution is -0.141. The van der Waals surface area contributed by atoms with Crippen LogP contribution in [0.15, 0.2) is 36.4 Å². The van der Waals surface area contributed by atoms with Crippen molar-refractivity contribution in [2.45, 2.75) is 116 Å². The zero-order valence-corrected chi connectivity index (χ0v) is 29.7. The van der Waals surface area contributed by atoms with E-state index in [0.717, 1.165) is 36.0 Å². The van der Waals surface area contributed by atoms with E-state index in [4.69, 9.17) is 5.73 Å². The van der Waals surface area contributed by atoms with Crippen LogP contribution in [0.2, 0.25) is 0 Å². The molecular formula is C37H54N6O6. The summed E-state index contributed by atoms with van der Waals surface area (Å²) in [5.41, 5.74) is 7.34. The van der Waals surface area contributed by atoms with Crippen LogP contribution in [0.4, 0.5) is 4.79 Å². The average molecular weight is 679 g/mol. The van der Waals surface area contributed by atoms with Crippen molar-refractivity contribution < 1.29 is 29.1 Å². The van der Waals surface area contributed by atoms with Crippen molar-refractivity contribution in [3.8, 4) is 0 Å². The van der Waals surface area contributed by atoms with Crippen molar-refractivity contribution in [2.75, 3.05) is 6.54 Å². The summed E-state index contributed by atoms with van der Waals surface area (Å²) in [5.74, 6) is -2.81. The van der Waals surface area contributed by atoms with E-state index >= 15 is 0 Å². The topological polar surface area (TPSA) is 183 Å². The number of piperidine rings is 1. The van der Waals surface area contributed by atoms with Gasteiger partial charge in [-0.3, -0.25) is 24.5 Å². The highest BCUT2D eigenvalue weighted by atomic mass is 16.3. The van der Waals surface area contributed by atoms with E-state index in [2.05, 4.69) is 27.8 Å². The van der Waals surface area contributed by atoms with E-state index in [1.54, 1.807) is 4.90 Å². The second-order valence-corrected chi connectivity index (χ2v) is 16.7. The molecule has 49 heavy (non-hydrogen) atoms. The summed E-state index contributed by atoms with van der Waals surface area (Å²) in [7, 11) is 0. The molecular weight excluding hydrogens is 624 g/mol. The third kappa shape index (κ3) is 8.17. The van der Waals surface area contributed by atoms with Crippen molar-refractivity contribution in [1.82, 2.24) is 26.2 Å². The maximum Gasteiger partial charge on any atom is 0.316 e. The van der Waals surface area contributed by atoms with E-state index in [1.165, 1.54) is 0 Å². The van der Waals surface area contributed by atoms with Gasteiger partial charge in [-0.05, 0) is 68.4 Å². The smallest absolute Gasteiger partial charge is 0.316 e. The predicted molar refractivity (Wildman–Crippen MR) is 185 cm³/mol. The molecule has 5 rings (SSSR count). The Bertz CT molecular complexity index is 1470. The number of Topliss-reactive ketones (excluding diaryl/α,β-unsaturated/α-hetero) is 1. The fourth-order valence-corrected chi connectivity index (χ4v) is 7.83. The summed E-state index contributed by atoms with van der Waals surface area (Å²) in [6.07, 6.45) is 3.07. The second-order valence-electron chi connectivity index (χ2n) is 16.7. The predicted octanol–water partition coefficient (Wildman–Crippen LogP) is 1.93. The molecule has 1 aliphatic heterocycles. The number of urea groups is 1. The summed E-state index contributed by atoms with van der Waals surface area (Å²) in [5, 5.41) is 23.3. The van der Waals surface area contributed by atoms with Gasteiger partial charge in [-0.15, -0.1) is 0 Å². The molecule has 7 atom stereocenters. The number of primary amides is 1. The molecule has 12 heteroatoms. The lowest BCUT2D eigenvalue weighted by Gasteiger charge is -2.38. The lowest BCUT2D eigenvalue weighted by Crippen LogP contribution is -2.63. The van der Waals surface area contributed by atoms with Crippen LogP contribution in [-0.2, 0) is 32.0 Å². The number of aliphatic hydroxyl groups is 1. The van der Waals surface area contributed by atoms with Gasteiger partial charge in [-0.25, -0.2) is 4.79 Å². The molecule has 1 aromatic carbocycles. The third-order valence-electron chi connectivity index (χ3n) is 10.7. The normalized spacial score (nSPS) is 24.5. The minimum Gasteiger partial charge on any atom is -0.376 e. The molecule has 0 spiro atoms. The number of benzene rings is 1. The monoisotopic (exact) mass is 678 g/mol. The van der Waals surface area contributed by atoms with Crippen LogP contribution >= 0.6 is 0 Å². The Hall–Kier alpha value is -3.77. The van der Waals surface area contributed by atoms with Crippen LogP contribution in [0.1, 0.15) is 78.4 Å². The Morgan fingerprint density at radius 3 is 2.12 bits per heavy atom. The van der Waals surface area contributed by atoms with E-state index in [1.807, 2.05) is 65.8 Å². The van der Waals surface area contributed by atoms with E-state index in [-0.39, 0.29) is 35.5 Å². The first kappa shape index (κ1) is 36.5. The van der Waals surface area contributed by atoms with Gasteiger partial charge in [0.25, 0.3) is 5.91 Å². The quantitative estimate of drug-likeness (QED) is 0.111. The number of fused-ring (bicyclic) bond motifs is 2. The summed E-state index contributed by atoms with van der Waals surface area (Å²) >= 11 is 0. The summed E-state index contributed by atoms with van der Waals surface area (Å²) in [6, 6.07) is 3.70. The Labute approximate surface area is 289 Å². The Morgan fingerprint density at radius 1 is 1.00 bits per heavy atom. The molecule has 3 fully saturated rings. The van der Waals surface area contributed by atoms with Crippen LogP contribution in [0.25, 0.3) is 0 Å². The van der Waals surface area contributed by atoms with Gasteiger partial charge in [-0.2, -0.15) is 0 Å². The van der Waals surface area contributed by atoms with E-state index < -0.39 is 59.1 Å². The molecule has 0 bridgehead atoms. The number of rotatable bonds is 12. The molecule has 7 N–H and O–H groups in total. The number of nitrogens with two attached hydrogens (primary N) is 1. The van der Waals surface area contributed by atoms with Gasteiger partial charge < -0.3 is 31.7 Å². The Balaban J connectivity index is 1.39. The molecule has 0 aromatic heterocycles. The van der Waals surface area contributed by atoms with E-state index in [0.29, 0.717) is 25.8 Å². The molecule has 2 unspecified atom stereocenters. The van der Waals surface area contributed by atoms with Crippen LogP contribution in [-0.4, -0.2) is 82.0 Å². The highest BCUT2D eigenvalue weighted by Gasteiger charge is 2.60. The number of carbonyl (C=O) groups excluding carboxylic acids is 5. The van der Waals surface area contributed by atoms with Crippen LogP contribution in [0, 0.1) is 29.1 Å². The zero-order valence-electron chi connectivity index (χ0n) is 29.7. The maximum atomic E-state index is 14.7. The molecule has 0 radical (unpaired) electrons. The van der Waals surface area contributed by atoms with Gasteiger partial charge in [0.2, 0.25) is 17.6 Å². The third-order valence-corrected chi connectivity index (χ3v) is 10.7. The van der Waals surface area contributed by atoms with Gasteiger partial charge >= 0.3 is 6.03 Å². The number of amides is 5. The van der Waals surface area contributed by atoms with Crippen LogP contribution < -0.4 is 27.0 Å². The number of likely N-dealkylation sites (tertiary alicyclic amines) is 1. The zero-order chi connectivity index (χ0) is 36.0. The molecule has 268 valence electrons. The van der Waals surface area contributed by atoms with Crippen molar-refractivity contribution in [3.63, 3.8) is 0 Å². The average Bonchev–Trinajstić information content (AvgIpc) is 3.31. The highest BCUT2D eigenvalue weighted by Crippen LogP contribution is 2.55.